The maximum absolute atomic E-state index is 13.4. The predicted octanol–water partition coefficient (Wildman–Crippen LogP) is 4.59. The number of carbonyl (C=O) groups is 1. The van der Waals surface area contributed by atoms with Gasteiger partial charge < -0.3 is 4.90 Å². The summed E-state index contributed by atoms with van der Waals surface area (Å²) in [7, 11) is 1.66. The van der Waals surface area contributed by atoms with Gasteiger partial charge in [0.25, 0.3) is 11.6 Å². The van der Waals surface area contributed by atoms with E-state index < -0.39 is 4.92 Å². The van der Waals surface area contributed by atoms with E-state index in [1.165, 1.54) is 29.2 Å². The first kappa shape index (κ1) is 19.2. The van der Waals surface area contributed by atoms with Gasteiger partial charge in [0.1, 0.15) is 11.5 Å². The van der Waals surface area contributed by atoms with Gasteiger partial charge in [-0.15, -0.1) is 0 Å². The minimum absolute atomic E-state index is 0.0376. The molecule has 0 aromatic heterocycles. The van der Waals surface area contributed by atoms with Gasteiger partial charge in [0.2, 0.25) is 0 Å². The molecular formula is C23H16FN3O3. The first-order valence-corrected chi connectivity index (χ1v) is 9.12. The average molecular weight is 401 g/mol. The second-order valence-corrected chi connectivity index (χ2v) is 6.73. The fourth-order valence-electron chi connectivity index (χ4n) is 3.25. The molecule has 1 aliphatic heterocycles. The lowest BCUT2D eigenvalue weighted by atomic mass is 10.0. The number of hydrogen-bond acceptors (Lipinski definition) is 4. The number of benzene rings is 3. The number of aliphatic imine (C=N–C) groups is 1. The van der Waals surface area contributed by atoms with Crippen molar-refractivity contribution in [2.75, 3.05) is 11.9 Å². The van der Waals surface area contributed by atoms with E-state index >= 15 is 0 Å². The summed E-state index contributed by atoms with van der Waals surface area (Å²) in [5.41, 5.74) is 3.36. The fraction of sp³-hybridized carbons (Fsp3) is 0.0435. The number of non-ortho nitro benzene ring substituents is 1. The molecule has 148 valence electrons. The van der Waals surface area contributed by atoms with E-state index in [9.17, 15) is 19.3 Å². The molecule has 0 saturated heterocycles. The first-order chi connectivity index (χ1) is 14.4. The molecule has 0 spiro atoms. The Morgan fingerprint density at radius 3 is 2.33 bits per heavy atom. The zero-order valence-electron chi connectivity index (χ0n) is 15.9. The molecule has 0 saturated carbocycles. The molecule has 4 rings (SSSR count). The average Bonchev–Trinajstić information content (AvgIpc) is 2.86. The van der Waals surface area contributed by atoms with E-state index in [0.29, 0.717) is 22.5 Å². The summed E-state index contributed by atoms with van der Waals surface area (Å²) in [6.07, 6.45) is 1.58. The minimum Gasteiger partial charge on any atom is -0.309 e. The molecule has 3 aromatic rings. The molecule has 0 fully saturated rings. The Morgan fingerprint density at radius 2 is 1.67 bits per heavy atom. The lowest BCUT2D eigenvalue weighted by molar-refractivity contribution is -0.384. The summed E-state index contributed by atoms with van der Waals surface area (Å²) in [4.78, 5) is 29.6. The Labute approximate surface area is 171 Å². The Balaban J connectivity index is 1.88. The van der Waals surface area contributed by atoms with Crippen LogP contribution in [0.2, 0.25) is 0 Å². The summed E-state index contributed by atoms with van der Waals surface area (Å²) in [6.45, 7) is 0. The number of anilines is 1. The molecule has 0 N–H and O–H groups in total. The van der Waals surface area contributed by atoms with Crippen LogP contribution in [0.25, 0.3) is 6.08 Å². The number of halogens is 1. The van der Waals surface area contributed by atoms with Gasteiger partial charge in [-0.05, 0) is 54.1 Å². The highest BCUT2D eigenvalue weighted by Crippen LogP contribution is 2.29. The van der Waals surface area contributed by atoms with E-state index in [-0.39, 0.29) is 23.1 Å². The molecule has 3 aromatic carbocycles. The molecule has 0 atom stereocenters. The third-order valence-corrected chi connectivity index (χ3v) is 4.80. The van der Waals surface area contributed by atoms with Gasteiger partial charge in [-0.3, -0.25) is 14.9 Å². The van der Waals surface area contributed by atoms with E-state index in [0.717, 1.165) is 5.56 Å². The van der Waals surface area contributed by atoms with Gasteiger partial charge in [0, 0.05) is 30.3 Å². The number of hydrogen-bond donors (Lipinski definition) is 0. The second-order valence-electron chi connectivity index (χ2n) is 6.73. The van der Waals surface area contributed by atoms with Crippen molar-refractivity contribution in [1.29, 1.82) is 0 Å². The number of amides is 1. The molecule has 1 aliphatic rings. The zero-order valence-corrected chi connectivity index (χ0v) is 15.9. The van der Waals surface area contributed by atoms with E-state index in [2.05, 4.69) is 4.99 Å². The molecule has 30 heavy (non-hydrogen) atoms. The van der Waals surface area contributed by atoms with Crippen LogP contribution in [-0.2, 0) is 4.79 Å². The number of carbonyl (C=O) groups excluding carboxylic acids is 1. The van der Waals surface area contributed by atoms with Gasteiger partial charge in [0.15, 0.2) is 0 Å². The summed E-state index contributed by atoms with van der Waals surface area (Å²) < 4.78 is 13.4. The van der Waals surface area contributed by atoms with Crippen LogP contribution in [0.4, 0.5) is 15.8 Å². The molecule has 0 bridgehead atoms. The van der Waals surface area contributed by atoms with Crippen molar-refractivity contribution in [3.63, 3.8) is 0 Å². The van der Waals surface area contributed by atoms with Crippen LogP contribution < -0.4 is 4.90 Å². The van der Waals surface area contributed by atoms with Crippen LogP contribution in [0.5, 0.6) is 0 Å². The van der Waals surface area contributed by atoms with Gasteiger partial charge in [-0.2, -0.15) is 0 Å². The normalized spacial score (nSPS) is 14.9. The quantitative estimate of drug-likeness (QED) is 0.366. The van der Waals surface area contributed by atoms with Crippen LogP contribution >= 0.6 is 0 Å². The number of para-hydroxylation sites is 1. The van der Waals surface area contributed by atoms with E-state index in [4.69, 9.17) is 0 Å². The lowest BCUT2D eigenvalue weighted by Crippen LogP contribution is -2.26. The van der Waals surface area contributed by atoms with Crippen molar-refractivity contribution in [1.82, 2.24) is 0 Å². The third kappa shape index (κ3) is 3.60. The highest BCUT2D eigenvalue weighted by Gasteiger charge is 2.25. The topological polar surface area (TPSA) is 75.8 Å². The summed E-state index contributed by atoms with van der Waals surface area (Å²) in [5, 5.41) is 10.9. The maximum atomic E-state index is 13.4. The Morgan fingerprint density at radius 1 is 1.00 bits per heavy atom. The monoisotopic (exact) mass is 401 g/mol. The van der Waals surface area contributed by atoms with Gasteiger partial charge >= 0.3 is 0 Å². The SMILES string of the molecule is CN1C(=O)/C(=C/c2ccc([N+](=O)[O-])cc2)N=C(c2ccc(F)cc2)c2ccccc21. The number of likely N-dealkylation sites (N-methyl/N-ethyl adjacent to an activating group) is 1. The number of rotatable bonds is 3. The number of nitro benzene ring substituents is 1. The lowest BCUT2D eigenvalue weighted by Gasteiger charge is -2.17. The van der Waals surface area contributed by atoms with Gasteiger partial charge in [-0.25, -0.2) is 9.38 Å². The van der Waals surface area contributed by atoms with Crippen LogP contribution in [0.3, 0.4) is 0 Å². The van der Waals surface area contributed by atoms with Crippen molar-refractivity contribution in [3.05, 3.63) is 111 Å². The Hall–Kier alpha value is -4.13. The summed E-state index contributed by atoms with van der Waals surface area (Å²) in [5.74, 6) is -0.686. The molecule has 1 heterocycles. The third-order valence-electron chi connectivity index (χ3n) is 4.80. The molecule has 7 heteroatoms. The highest BCUT2D eigenvalue weighted by atomic mass is 19.1. The van der Waals surface area contributed by atoms with Gasteiger partial charge in [0.05, 0.1) is 16.3 Å². The van der Waals surface area contributed by atoms with Crippen molar-refractivity contribution < 1.29 is 14.1 Å². The van der Waals surface area contributed by atoms with Gasteiger partial charge in [-0.1, -0.05) is 18.2 Å². The van der Waals surface area contributed by atoms with E-state index in [1.54, 1.807) is 37.4 Å². The number of benzodiazepines with no additional fused rings is 1. The van der Waals surface area contributed by atoms with Crippen LogP contribution in [0.1, 0.15) is 16.7 Å². The summed E-state index contributed by atoms with van der Waals surface area (Å²) >= 11 is 0. The second kappa shape index (κ2) is 7.71. The largest absolute Gasteiger partial charge is 0.309 e. The molecule has 6 nitrogen and oxygen atoms in total. The molecule has 0 radical (unpaired) electrons. The fourth-order valence-corrected chi connectivity index (χ4v) is 3.25. The van der Waals surface area contributed by atoms with Crippen molar-refractivity contribution in [2.24, 2.45) is 4.99 Å². The smallest absolute Gasteiger partial charge is 0.276 e. The number of nitrogens with zero attached hydrogens (tertiary/aromatic N) is 3. The van der Waals surface area contributed by atoms with Crippen molar-refractivity contribution in [2.45, 2.75) is 0 Å². The first-order valence-electron chi connectivity index (χ1n) is 9.12. The number of nitro groups is 1. The van der Waals surface area contributed by atoms with Crippen LogP contribution in [0, 0.1) is 15.9 Å². The standard InChI is InChI=1S/C23H16FN3O3/c1-26-21-5-3-2-4-19(21)22(16-8-10-17(24)11-9-16)25-20(23(26)28)14-15-6-12-18(13-7-15)27(29)30/h2-14H,1H3/b20-14-. The summed E-state index contributed by atoms with van der Waals surface area (Å²) in [6, 6.07) is 19.1. The highest BCUT2D eigenvalue weighted by molar-refractivity contribution is 6.23. The molecule has 1 amide bonds. The van der Waals surface area contributed by atoms with Crippen LogP contribution in [0.15, 0.2) is 83.5 Å². The Kier molecular flexibility index (Phi) is 4.93. The maximum Gasteiger partial charge on any atom is 0.276 e. The predicted molar refractivity (Wildman–Crippen MR) is 113 cm³/mol. The Bertz CT molecular complexity index is 1200. The number of fused-ring (bicyclic) bond motifs is 1. The minimum atomic E-state index is -0.483. The molecule has 0 unspecified atom stereocenters. The molecular weight excluding hydrogens is 385 g/mol. The van der Waals surface area contributed by atoms with Crippen molar-refractivity contribution in [3.8, 4) is 0 Å². The van der Waals surface area contributed by atoms with E-state index in [1.807, 2.05) is 24.3 Å². The molecule has 0 aliphatic carbocycles. The zero-order chi connectivity index (χ0) is 21.3. The van der Waals surface area contributed by atoms with Crippen molar-refractivity contribution >= 4 is 29.1 Å². The van der Waals surface area contributed by atoms with Crippen LogP contribution in [-0.4, -0.2) is 23.6 Å².